The average molecular weight is 432 g/mol. The van der Waals surface area contributed by atoms with E-state index in [0.29, 0.717) is 30.3 Å². The third-order valence-electron chi connectivity index (χ3n) is 5.34. The Bertz CT molecular complexity index is 915. The van der Waals surface area contributed by atoms with Crippen LogP contribution in [0, 0.1) is 0 Å². The Morgan fingerprint density at radius 2 is 1.89 bits per heavy atom. The second-order valence-electron chi connectivity index (χ2n) is 7.18. The van der Waals surface area contributed by atoms with Crippen LogP contribution >= 0.6 is 15.9 Å². The summed E-state index contributed by atoms with van der Waals surface area (Å²) in [5.41, 5.74) is 1.56. The Hall–Kier alpha value is -2.15. The minimum atomic E-state index is -0.0558. The second-order valence-corrected chi connectivity index (χ2v) is 8.04. The lowest BCUT2D eigenvalue weighted by atomic mass is 10.0. The van der Waals surface area contributed by atoms with E-state index in [1.165, 1.54) is 0 Å². The maximum Gasteiger partial charge on any atom is 0.267 e. The standard InChI is InChI=1S/C20H22BrN3O3/c1-27-15-4-5-17(21)16(12-15)20(26)23-10-8-14(9-11-23)24-19(25)7-6-18(22-24)13-2-3-13/h4-7,12-14H,2-3,8-11H2,1H3. The molecule has 1 saturated heterocycles. The predicted molar refractivity (Wildman–Crippen MR) is 105 cm³/mol. The van der Waals surface area contributed by atoms with Crippen LogP contribution in [-0.2, 0) is 0 Å². The van der Waals surface area contributed by atoms with Gasteiger partial charge in [-0.3, -0.25) is 9.59 Å². The fourth-order valence-corrected chi connectivity index (χ4v) is 3.99. The van der Waals surface area contributed by atoms with Crippen LogP contribution in [0.25, 0.3) is 0 Å². The zero-order chi connectivity index (χ0) is 19.0. The van der Waals surface area contributed by atoms with E-state index in [1.54, 1.807) is 23.9 Å². The molecule has 7 heteroatoms. The van der Waals surface area contributed by atoms with E-state index in [2.05, 4.69) is 21.0 Å². The number of halogens is 1. The van der Waals surface area contributed by atoms with Crippen LogP contribution in [0.2, 0.25) is 0 Å². The van der Waals surface area contributed by atoms with Gasteiger partial charge in [0.25, 0.3) is 11.5 Å². The molecule has 6 nitrogen and oxygen atoms in total. The SMILES string of the molecule is COc1ccc(Br)c(C(=O)N2CCC(n3nc(C4CC4)ccc3=O)CC2)c1. The molecule has 2 fully saturated rings. The van der Waals surface area contributed by atoms with Crippen molar-refractivity contribution in [3.63, 3.8) is 0 Å². The van der Waals surface area contributed by atoms with Crippen molar-refractivity contribution in [2.45, 2.75) is 37.6 Å². The van der Waals surface area contributed by atoms with Gasteiger partial charge in [-0.15, -0.1) is 0 Å². The first-order valence-electron chi connectivity index (χ1n) is 9.29. The molecule has 4 rings (SSSR count). The number of methoxy groups -OCH3 is 1. The highest BCUT2D eigenvalue weighted by Crippen LogP contribution is 2.38. The number of benzene rings is 1. The van der Waals surface area contributed by atoms with Gasteiger partial charge in [0.2, 0.25) is 0 Å². The largest absolute Gasteiger partial charge is 0.497 e. The molecule has 1 aliphatic heterocycles. The van der Waals surface area contributed by atoms with E-state index in [9.17, 15) is 9.59 Å². The Kier molecular flexibility index (Phi) is 5.04. The number of carbonyl (C=O) groups is 1. The molecule has 0 atom stereocenters. The fourth-order valence-electron chi connectivity index (χ4n) is 3.58. The van der Waals surface area contributed by atoms with Gasteiger partial charge in [0.1, 0.15) is 5.75 Å². The zero-order valence-corrected chi connectivity index (χ0v) is 16.8. The minimum Gasteiger partial charge on any atom is -0.497 e. The lowest BCUT2D eigenvalue weighted by molar-refractivity contribution is 0.0686. The summed E-state index contributed by atoms with van der Waals surface area (Å²) in [6.45, 7) is 1.21. The van der Waals surface area contributed by atoms with Crippen molar-refractivity contribution in [3.8, 4) is 5.75 Å². The molecule has 1 aromatic carbocycles. The Balaban J connectivity index is 1.47. The first-order valence-corrected chi connectivity index (χ1v) is 10.1. The molecule has 0 radical (unpaired) electrons. The molecule has 2 aromatic rings. The molecule has 2 heterocycles. The second kappa shape index (κ2) is 7.46. The van der Waals surface area contributed by atoms with Gasteiger partial charge < -0.3 is 9.64 Å². The quantitative estimate of drug-likeness (QED) is 0.744. The Morgan fingerprint density at radius 1 is 1.15 bits per heavy atom. The lowest BCUT2D eigenvalue weighted by Gasteiger charge is -2.32. The zero-order valence-electron chi connectivity index (χ0n) is 15.2. The Labute approximate surface area is 166 Å². The molecule has 142 valence electrons. The minimum absolute atomic E-state index is 0.0220. The third kappa shape index (κ3) is 3.78. The summed E-state index contributed by atoms with van der Waals surface area (Å²) < 4.78 is 7.62. The number of piperidine rings is 1. The van der Waals surface area contributed by atoms with E-state index < -0.39 is 0 Å². The summed E-state index contributed by atoms with van der Waals surface area (Å²) in [4.78, 5) is 27.0. The third-order valence-corrected chi connectivity index (χ3v) is 6.03. The molecular formula is C20H22BrN3O3. The molecule has 1 aromatic heterocycles. The van der Waals surface area contributed by atoms with Crippen LogP contribution in [0.3, 0.4) is 0 Å². The van der Waals surface area contributed by atoms with E-state index in [4.69, 9.17) is 4.74 Å². The smallest absolute Gasteiger partial charge is 0.267 e. The van der Waals surface area contributed by atoms with Gasteiger partial charge >= 0.3 is 0 Å². The molecule has 0 N–H and O–H groups in total. The van der Waals surface area contributed by atoms with Crippen molar-refractivity contribution < 1.29 is 9.53 Å². The number of likely N-dealkylation sites (tertiary alicyclic amines) is 1. The van der Waals surface area contributed by atoms with Gasteiger partial charge in [-0.25, -0.2) is 4.68 Å². The molecule has 2 aliphatic rings. The fraction of sp³-hybridized carbons (Fsp3) is 0.450. The summed E-state index contributed by atoms with van der Waals surface area (Å²) in [6, 6.07) is 8.93. The molecule has 1 amide bonds. The van der Waals surface area contributed by atoms with Crippen LogP contribution in [0.4, 0.5) is 0 Å². The lowest BCUT2D eigenvalue weighted by Crippen LogP contribution is -2.41. The summed E-state index contributed by atoms with van der Waals surface area (Å²) in [7, 11) is 1.59. The van der Waals surface area contributed by atoms with Gasteiger partial charge in [-0.2, -0.15) is 5.10 Å². The van der Waals surface area contributed by atoms with Gasteiger partial charge in [0.05, 0.1) is 24.4 Å². The van der Waals surface area contributed by atoms with Gasteiger partial charge in [-0.1, -0.05) is 0 Å². The van der Waals surface area contributed by atoms with Crippen LogP contribution in [-0.4, -0.2) is 40.8 Å². The highest BCUT2D eigenvalue weighted by atomic mass is 79.9. The molecule has 0 spiro atoms. The Morgan fingerprint density at radius 3 is 2.56 bits per heavy atom. The van der Waals surface area contributed by atoms with Gasteiger partial charge in [-0.05, 0) is 65.9 Å². The summed E-state index contributed by atoms with van der Waals surface area (Å²) >= 11 is 3.45. The number of carbonyl (C=O) groups excluding carboxylic acids is 1. The number of ether oxygens (including phenoxy) is 1. The number of aromatic nitrogens is 2. The molecule has 0 unspecified atom stereocenters. The van der Waals surface area contributed by atoms with Crippen molar-refractivity contribution in [1.29, 1.82) is 0 Å². The number of nitrogens with zero attached hydrogens (tertiary/aromatic N) is 3. The molecule has 1 aliphatic carbocycles. The maximum atomic E-state index is 12.9. The van der Waals surface area contributed by atoms with Crippen molar-refractivity contribution in [3.05, 3.63) is 56.4 Å². The monoisotopic (exact) mass is 431 g/mol. The highest BCUT2D eigenvalue weighted by molar-refractivity contribution is 9.10. The summed E-state index contributed by atoms with van der Waals surface area (Å²) in [6.07, 6.45) is 3.78. The van der Waals surface area contributed by atoms with E-state index in [1.807, 2.05) is 23.1 Å². The maximum absolute atomic E-state index is 12.9. The first kappa shape index (κ1) is 18.2. The van der Waals surface area contributed by atoms with Crippen LogP contribution in [0.15, 0.2) is 39.6 Å². The molecular weight excluding hydrogens is 410 g/mol. The normalized spacial score (nSPS) is 17.8. The van der Waals surface area contributed by atoms with Crippen LogP contribution in [0.1, 0.15) is 53.7 Å². The first-order chi connectivity index (χ1) is 13.1. The van der Waals surface area contributed by atoms with E-state index in [0.717, 1.165) is 35.8 Å². The van der Waals surface area contributed by atoms with E-state index in [-0.39, 0.29) is 17.5 Å². The number of amides is 1. The number of rotatable bonds is 4. The number of hydrogen-bond acceptors (Lipinski definition) is 4. The highest BCUT2D eigenvalue weighted by Gasteiger charge is 2.29. The number of hydrogen-bond donors (Lipinski definition) is 0. The predicted octanol–water partition coefficient (Wildman–Crippen LogP) is 3.37. The summed E-state index contributed by atoms with van der Waals surface area (Å²) in [5.74, 6) is 1.15. The van der Waals surface area contributed by atoms with Gasteiger partial charge in [0.15, 0.2) is 0 Å². The average Bonchev–Trinajstić information content (AvgIpc) is 3.54. The van der Waals surface area contributed by atoms with Crippen LogP contribution < -0.4 is 10.3 Å². The van der Waals surface area contributed by atoms with Crippen molar-refractivity contribution in [2.75, 3.05) is 20.2 Å². The molecule has 0 bridgehead atoms. The van der Waals surface area contributed by atoms with Crippen LogP contribution in [0.5, 0.6) is 5.75 Å². The van der Waals surface area contributed by atoms with Crippen molar-refractivity contribution in [2.24, 2.45) is 0 Å². The molecule has 27 heavy (non-hydrogen) atoms. The summed E-state index contributed by atoms with van der Waals surface area (Å²) in [5, 5.41) is 4.60. The topological polar surface area (TPSA) is 64.4 Å². The van der Waals surface area contributed by atoms with Crippen molar-refractivity contribution in [1.82, 2.24) is 14.7 Å². The van der Waals surface area contributed by atoms with Crippen molar-refractivity contribution >= 4 is 21.8 Å². The molecule has 1 saturated carbocycles. The van der Waals surface area contributed by atoms with Gasteiger partial charge in [0, 0.05) is 29.5 Å². The van der Waals surface area contributed by atoms with E-state index >= 15 is 0 Å².